The van der Waals surface area contributed by atoms with Crippen LogP contribution in [0, 0.1) is 0 Å². The van der Waals surface area contributed by atoms with Crippen LogP contribution in [0.5, 0.6) is 5.75 Å². The number of hydrogen-bond donors (Lipinski definition) is 5. The highest BCUT2D eigenvalue weighted by Crippen LogP contribution is 2.35. The summed E-state index contributed by atoms with van der Waals surface area (Å²) < 4.78 is 5.76. The molecule has 31 heavy (non-hydrogen) atoms. The summed E-state index contributed by atoms with van der Waals surface area (Å²) in [5.74, 6) is -1.24. The van der Waals surface area contributed by atoms with Crippen LogP contribution in [0.25, 0.3) is 0 Å². The Labute approximate surface area is 186 Å². The number of nitrogens with one attached hydrogen (secondary N) is 2. The molecule has 3 amide bonds. The number of ether oxygens (including phenoxy) is 1. The number of benzene rings is 2. The SMILES string of the molecule is NC(=O)[C@@H](CNC(=O)c1cccc2c1OCCC2NC(=O)[C@@H](N)CS)c1ccccc1. The van der Waals surface area contributed by atoms with E-state index in [1.165, 1.54) is 0 Å². The van der Waals surface area contributed by atoms with E-state index in [9.17, 15) is 14.4 Å². The number of amides is 3. The molecular formula is C22H26N4O4S. The normalized spacial score (nSPS) is 16.9. The molecule has 0 bridgehead atoms. The van der Waals surface area contributed by atoms with Crippen LogP contribution < -0.4 is 26.8 Å². The highest BCUT2D eigenvalue weighted by atomic mass is 32.1. The molecule has 1 unspecified atom stereocenters. The molecule has 1 heterocycles. The minimum absolute atomic E-state index is 0.0544. The van der Waals surface area contributed by atoms with Crippen molar-refractivity contribution in [1.82, 2.24) is 10.6 Å². The van der Waals surface area contributed by atoms with Gasteiger partial charge in [0, 0.05) is 24.3 Å². The molecule has 2 aromatic rings. The van der Waals surface area contributed by atoms with Gasteiger partial charge in [-0.05, 0) is 11.6 Å². The quantitative estimate of drug-likeness (QED) is 0.387. The molecule has 164 valence electrons. The Morgan fingerprint density at radius 1 is 1.13 bits per heavy atom. The average Bonchev–Trinajstić information content (AvgIpc) is 2.78. The van der Waals surface area contributed by atoms with E-state index in [1.807, 2.05) is 18.2 Å². The lowest BCUT2D eigenvalue weighted by molar-refractivity contribution is -0.123. The molecule has 0 aromatic heterocycles. The van der Waals surface area contributed by atoms with E-state index >= 15 is 0 Å². The summed E-state index contributed by atoms with van der Waals surface area (Å²) >= 11 is 4.06. The smallest absolute Gasteiger partial charge is 0.255 e. The topological polar surface area (TPSA) is 137 Å². The monoisotopic (exact) mass is 442 g/mol. The molecule has 0 saturated heterocycles. The summed E-state index contributed by atoms with van der Waals surface area (Å²) in [5, 5.41) is 5.67. The highest BCUT2D eigenvalue weighted by molar-refractivity contribution is 7.80. The lowest BCUT2D eigenvalue weighted by Gasteiger charge is -2.29. The van der Waals surface area contributed by atoms with Crippen molar-refractivity contribution in [2.24, 2.45) is 11.5 Å². The summed E-state index contributed by atoms with van der Waals surface area (Å²) in [7, 11) is 0. The third-order valence-electron chi connectivity index (χ3n) is 5.18. The summed E-state index contributed by atoms with van der Waals surface area (Å²) in [5.41, 5.74) is 13.0. The second-order valence-corrected chi connectivity index (χ2v) is 7.65. The summed E-state index contributed by atoms with van der Waals surface area (Å²) in [6.07, 6.45) is 0.556. The van der Waals surface area contributed by atoms with Gasteiger partial charge in [0.15, 0.2) is 0 Å². The van der Waals surface area contributed by atoms with Gasteiger partial charge in [-0.1, -0.05) is 42.5 Å². The zero-order valence-electron chi connectivity index (χ0n) is 16.9. The van der Waals surface area contributed by atoms with Gasteiger partial charge in [-0.2, -0.15) is 12.6 Å². The van der Waals surface area contributed by atoms with Gasteiger partial charge in [0.1, 0.15) is 5.75 Å². The van der Waals surface area contributed by atoms with E-state index in [-0.39, 0.29) is 24.2 Å². The number of thiol groups is 1. The molecule has 0 saturated carbocycles. The first kappa shape index (κ1) is 22.6. The second-order valence-electron chi connectivity index (χ2n) is 7.29. The van der Waals surface area contributed by atoms with Crippen LogP contribution in [0.4, 0.5) is 0 Å². The van der Waals surface area contributed by atoms with E-state index in [1.54, 1.807) is 30.3 Å². The van der Waals surface area contributed by atoms with Crippen molar-refractivity contribution in [3.63, 3.8) is 0 Å². The third kappa shape index (κ3) is 5.36. The van der Waals surface area contributed by atoms with Gasteiger partial charge in [0.2, 0.25) is 11.8 Å². The van der Waals surface area contributed by atoms with Crippen LogP contribution in [0.3, 0.4) is 0 Å². The first-order chi connectivity index (χ1) is 14.9. The van der Waals surface area contributed by atoms with Crippen molar-refractivity contribution in [3.05, 3.63) is 65.2 Å². The van der Waals surface area contributed by atoms with Gasteiger partial charge in [0.05, 0.1) is 30.2 Å². The zero-order chi connectivity index (χ0) is 22.4. The minimum Gasteiger partial charge on any atom is -0.492 e. The molecule has 1 aliphatic rings. The molecule has 3 rings (SSSR count). The molecule has 3 atom stereocenters. The predicted molar refractivity (Wildman–Crippen MR) is 120 cm³/mol. The Hall–Kier alpha value is -3.04. The lowest BCUT2D eigenvalue weighted by atomic mass is 9.96. The van der Waals surface area contributed by atoms with E-state index in [4.69, 9.17) is 16.2 Å². The Bertz CT molecular complexity index is 954. The first-order valence-electron chi connectivity index (χ1n) is 9.97. The van der Waals surface area contributed by atoms with Crippen molar-refractivity contribution in [2.75, 3.05) is 18.9 Å². The van der Waals surface area contributed by atoms with Gasteiger partial charge in [-0.3, -0.25) is 14.4 Å². The Kier molecular flexibility index (Phi) is 7.54. The van der Waals surface area contributed by atoms with Crippen molar-refractivity contribution in [3.8, 4) is 5.75 Å². The Morgan fingerprint density at radius 3 is 2.55 bits per heavy atom. The molecule has 0 aliphatic carbocycles. The van der Waals surface area contributed by atoms with Crippen LogP contribution in [0.2, 0.25) is 0 Å². The van der Waals surface area contributed by atoms with Crippen molar-refractivity contribution in [1.29, 1.82) is 0 Å². The fourth-order valence-electron chi connectivity index (χ4n) is 3.47. The molecule has 0 fully saturated rings. The largest absolute Gasteiger partial charge is 0.492 e. The van der Waals surface area contributed by atoms with Gasteiger partial charge < -0.3 is 26.8 Å². The number of rotatable bonds is 8. The van der Waals surface area contributed by atoms with E-state index in [2.05, 4.69) is 23.3 Å². The van der Waals surface area contributed by atoms with Gasteiger partial charge in [0.25, 0.3) is 5.91 Å². The Morgan fingerprint density at radius 2 is 1.87 bits per heavy atom. The molecule has 0 spiro atoms. The fraction of sp³-hybridized carbons (Fsp3) is 0.318. The van der Waals surface area contributed by atoms with E-state index < -0.39 is 23.8 Å². The molecule has 9 heteroatoms. The van der Waals surface area contributed by atoms with Gasteiger partial charge in [-0.25, -0.2) is 0 Å². The number of carbonyl (C=O) groups excluding carboxylic acids is 3. The van der Waals surface area contributed by atoms with Crippen LogP contribution in [-0.4, -0.2) is 42.7 Å². The maximum atomic E-state index is 12.9. The second kappa shape index (κ2) is 10.3. The summed E-state index contributed by atoms with van der Waals surface area (Å²) in [6, 6.07) is 13.2. The number of para-hydroxylation sites is 1. The maximum absolute atomic E-state index is 12.9. The van der Waals surface area contributed by atoms with Crippen LogP contribution >= 0.6 is 12.6 Å². The lowest BCUT2D eigenvalue weighted by Crippen LogP contribution is -2.44. The molecule has 2 aromatic carbocycles. The number of hydrogen-bond acceptors (Lipinski definition) is 6. The number of fused-ring (bicyclic) bond motifs is 1. The molecule has 8 nitrogen and oxygen atoms in total. The van der Waals surface area contributed by atoms with Crippen molar-refractivity contribution < 1.29 is 19.1 Å². The van der Waals surface area contributed by atoms with E-state index in [0.29, 0.717) is 29.9 Å². The number of carbonyl (C=O) groups is 3. The Balaban J connectivity index is 1.76. The number of primary amides is 1. The first-order valence-corrected chi connectivity index (χ1v) is 10.6. The van der Waals surface area contributed by atoms with Crippen LogP contribution in [0.1, 0.15) is 39.9 Å². The fourth-order valence-corrected chi connectivity index (χ4v) is 3.64. The van der Waals surface area contributed by atoms with Crippen molar-refractivity contribution in [2.45, 2.75) is 24.4 Å². The minimum atomic E-state index is -0.718. The van der Waals surface area contributed by atoms with E-state index in [0.717, 1.165) is 5.56 Å². The van der Waals surface area contributed by atoms with Gasteiger partial charge in [-0.15, -0.1) is 0 Å². The zero-order valence-corrected chi connectivity index (χ0v) is 17.8. The molecular weight excluding hydrogens is 416 g/mol. The number of nitrogens with two attached hydrogens (primary N) is 2. The predicted octanol–water partition coefficient (Wildman–Crippen LogP) is 0.882. The highest BCUT2D eigenvalue weighted by Gasteiger charge is 2.28. The standard InChI is InChI=1S/C22H26N4O4S/c23-17(12-31)22(29)26-18-9-10-30-19-14(18)7-4-8-15(19)21(28)25-11-16(20(24)27)13-5-2-1-3-6-13/h1-8,16-18,31H,9-12,23H2,(H2,24,27)(H,25,28)(H,26,29)/t16-,17-,18?/m0/s1. The maximum Gasteiger partial charge on any atom is 0.255 e. The van der Waals surface area contributed by atoms with Crippen molar-refractivity contribution >= 4 is 30.4 Å². The molecule has 6 N–H and O–H groups in total. The third-order valence-corrected chi connectivity index (χ3v) is 5.57. The summed E-state index contributed by atoms with van der Waals surface area (Å²) in [6.45, 7) is 0.394. The van der Waals surface area contributed by atoms with Gasteiger partial charge >= 0.3 is 0 Å². The summed E-state index contributed by atoms with van der Waals surface area (Å²) in [4.78, 5) is 37.0. The average molecular weight is 443 g/mol. The molecule has 0 radical (unpaired) electrons. The van der Waals surface area contributed by atoms with Crippen LogP contribution in [-0.2, 0) is 9.59 Å². The molecule has 1 aliphatic heterocycles. The van der Waals surface area contributed by atoms with Crippen LogP contribution in [0.15, 0.2) is 48.5 Å².